The van der Waals surface area contributed by atoms with Crippen molar-refractivity contribution in [2.24, 2.45) is 5.41 Å². The van der Waals surface area contributed by atoms with E-state index in [1.807, 2.05) is 6.92 Å². The van der Waals surface area contributed by atoms with Crippen LogP contribution in [-0.4, -0.2) is 19.2 Å². The lowest BCUT2D eigenvalue weighted by molar-refractivity contribution is 0.0415. The van der Waals surface area contributed by atoms with Gasteiger partial charge in [-0.3, -0.25) is 0 Å². The summed E-state index contributed by atoms with van der Waals surface area (Å²) in [7, 11) is 0. The van der Waals surface area contributed by atoms with Gasteiger partial charge in [-0.05, 0) is 31.9 Å². The van der Waals surface area contributed by atoms with E-state index in [0.717, 1.165) is 12.8 Å². The molecule has 2 rings (SSSR count). The number of nitrogen functional groups attached to an aromatic ring is 1. The maximum Gasteiger partial charge on any atom is 0.342 e. The van der Waals surface area contributed by atoms with Gasteiger partial charge in [0.2, 0.25) is 0 Å². The second-order valence-corrected chi connectivity index (χ2v) is 5.07. The third-order valence-electron chi connectivity index (χ3n) is 3.47. The van der Waals surface area contributed by atoms with E-state index in [1.165, 1.54) is 0 Å². The molecule has 0 unspecified atom stereocenters. The van der Waals surface area contributed by atoms with Gasteiger partial charge in [0.15, 0.2) is 5.75 Å². The molecule has 1 saturated carbocycles. The van der Waals surface area contributed by atoms with Crippen molar-refractivity contribution < 1.29 is 14.3 Å². The summed E-state index contributed by atoms with van der Waals surface area (Å²) >= 11 is 0. The molecule has 1 aliphatic carbocycles. The molecule has 1 aromatic carbocycles. The first-order chi connectivity index (χ1) is 9.62. The van der Waals surface area contributed by atoms with Crippen LogP contribution in [0.4, 0.5) is 5.69 Å². The molecular formula is C15H18N2O3. The molecule has 20 heavy (non-hydrogen) atoms. The van der Waals surface area contributed by atoms with E-state index in [4.69, 9.17) is 20.5 Å². The zero-order chi connectivity index (χ0) is 14.6. The van der Waals surface area contributed by atoms with Crippen LogP contribution in [0.5, 0.6) is 5.75 Å². The highest BCUT2D eigenvalue weighted by Gasteiger charge is 2.43. The lowest BCUT2D eigenvalue weighted by atomic mass is 10.1. The topological polar surface area (TPSA) is 85.3 Å². The van der Waals surface area contributed by atoms with Crippen molar-refractivity contribution in [2.45, 2.75) is 26.2 Å². The van der Waals surface area contributed by atoms with Crippen molar-refractivity contribution in [1.82, 2.24) is 0 Å². The molecule has 1 aliphatic rings. The van der Waals surface area contributed by atoms with Crippen molar-refractivity contribution >= 4 is 11.7 Å². The minimum Gasteiger partial charge on any atom is -0.491 e. The Balaban J connectivity index is 2.06. The highest BCUT2D eigenvalue weighted by Crippen LogP contribution is 2.48. The van der Waals surface area contributed by atoms with Gasteiger partial charge in [0.05, 0.1) is 25.0 Å². The van der Waals surface area contributed by atoms with Crippen LogP contribution in [-0.2, 0) is 4.74 Å². The van der Waals surface area contributed by atoms with E-state index < -0.39 is 5.97 Å². The first-order valence-corrected chi connectivity index (χ1v) is 6.67. The predicted molar refractivity (Wildman–Crippen MR) is 74.2 cm³/mol. The Kier molecular flexibility index (Phi) is 4.14. The number of ether oxygens (including phenoxy) is 2. The zero-order valence-electron chi connectivity index (χ0n) is 11.5. The molecule has 0 bridgehead atoms. The van der Waals surface area contributed by atoms with Gasteiger partial charge in [-0.25, -0.2) is 4.79 Å². The number of rotatable bonds is 6. The summed E-state index contributed by atoms with van der Waals surface area (Å²) in [6, 6.07) is 7.14. The Labute approximate surface area is 118 Å². The number of anilines is 1. The Bertz CT molecular complexity index is 545. The summed E-state index contributed by atoms with van der Waals surface area (Å²) in [5, 5.41) is 8.75. The number of nitriles is 1. The number of nitrogens with zero attached hydrogens (tertiary/aromatic N) is 1. The molecule has 0 amide bonds. The smallest absolute Gasteiger partial charge is 0.342 e. The van der Waals surface area contributed by atoms with Crippen LogP contribution in [0, 0.1) is 16.7 Å². The SMILES string of the molecule is CCOc1c(N)cccc1C(=O)OCC1(CC#N)CC1. The molecule has 5 nitrogen and oxygen atoms in total. The molecule has 0 saturated heterocycles. The van der Waals surface area contributed by atoms with Crippen LogP contribution in [0.3, 0.4) is 0 Å². The highest BCUT2D eigenvalue weighted by molar-refractivity contribution is 5.94. The largest absolute Gasteiger partial charge is 0.491 e. The highest BCUT2D eigenvalue weighted by atomic mass is 16.5. The number of carbonyl (C=O) groups is 1. The second-order valence-electron chi connectivity index (χ2n) is 5.07. The zero-order valence-corrected chi connectivity index (χ0v) is 11.5. The molecule has 0 atom stereocenters. The molecule has 0 aromatic heterocycles. The average Bonchev–Trinajstić information content (AvgIpc) is 3.19. The molecule has 0 radical (unpaired) electrons. The molecule has 2 N–H and O–H groups in total. The van der Waals surface area contributed by atoms with Crippen molar-refractivity contribution in [3.05, 3.63) is 23.8 Å². The monoisotopic (exact) mass is 274 g/mol. The van der Waals surface area contributed by atoms with Gasteiger partial charge in [-0.1, -0.05) is 6.07 Å². The van der Waals surface area contributed by atoms with Gasteiger partial charge < -0.3 is 15.2 Å². The Morgan fingerprint density at radius 2 is 2.25 bits per heavy atom. The molecule has 0 heterocycles. The number of esters is 1. The summed E-state index contributed by atoms with van der Waals surface area (Å²) in [6.45, 7) is 2.53. The number of benzene rings is 1. The Morgan fingerprint density at radius 1 is 1.50 bits per heavy atom. The number of hydrogen-bond donors (Lipinski definition) is 1. The van der Waals surface area contributed by atoms with Crippen molar-refractivity contribution in [2.75, 3.05) is 18.9 Å². The lowest BCUT2D eigenvalue weighted by Crippen LogP contribution is -2.16. The van der Waals surface area contributed by atoms with E-state index in [1.54, 1.807) is 18.2 Å². The van der Waals surface area contributed by atoms with E-state index in [0.29, 0.717) is 30.0 Å². The van der Waals surface area contributed by atoms with Gasteiger partial charge >= 0.3 is 5.97 Å². The number of hydrogen-bond acceptors (Lipinski definition) is 5. The van der Waals surface area contributed by atoms with E-state index in [9.17, 15) is 4.79 Å². The molecule has 5 heteroatoms. The third kappa shape index (κ3) is 3.02. The maximum absolute atomic E-state index is 12.1. The van der Waals surface area contributed by atoms with Crippen LogP contribution in [0.2, 0.25) is 0 Å². The van der Waals surface area contributed by atoms with Crippen LogP contribution < -0.4 is 10.5 Å². The lowest BCUT2D eigenvalue weighted by Gasteiger charge is -2.14. The minimum atomic E-state index is -0.454. The van der Waals surface area contributed by atoms with E-state index in [2.05, 4.69) is 6.07 Å². The Morgan fingerprint density at radius 3 is 2.85 bits per heavy atom. The molecular weight excluding hydrogens is 256 g/mol. The molecule has 1 fully saturated rings. The summed E-state index contributed by atoms with van der Waals surface area (Å²) in [6.07, 6.45) is 2.29. The fraction of sp³-hybridized carbons (Fsp3) is 0.467. The van der Waals surface area contributed by atoms with Gasteiger partial charge in [0, 0.05) is 11.8 Å². The standard InChI is InChI=1S/C15H18N2O3/c1-2-19-13-11(4-3-5-12(13)17)14(18)20-10-15(6-7-15)8-9-16/h3-5H,2,6-8,10,17H2,1H3. The van der Waals surface area contributed by atoms with Gasteiger partial charge in [0.1, 0.15) is 5.56 Å². The summed E-state index contributed by atoms with van der Waals surface area (Å²) in [4.78, 5) is 12.1. The molecule has 106 valence electrons. The minimum absolute atomic E-state index is 0.128. The maximum atomic E-state index is 12.1. The van der Waals surface area contributed by atoms with Crippen molar-refractivity contribution in [1.29, 1.82) is 5.26 Å². The number of nitrogens with two attached hydrogens (primary N) is 1. The fourth-order valence-electron chi connectivity index (χ4n) is 2.03. The molecule has 1 aromatic rings. The number of para-hydroxylation sites is 1. The summed E-state index contributed by atoms with van der Waals surface area (Å²) in [5.41, 5.74) is 6.43. The second kappa shape index (κ2) is 5.83. The first-order valence-electron chi connectivity index (χ1n) is 6.67. The third-order valence-corrected chi connectivity index (χ3v) is 3.47. The number of carbonyl (C=O) groups excluding carboxylic acids is 1. The summed E-state index contributed by atoms with van der Waals surface area (Å²) < 4.78 is 10.7. The fourth-order valence-corrected chi connectivity index (χ4v) is 2.03. The van der Waals surface area contributed by atoms with Crippen LogP contribution in [0.1, 0.15) is 36.5 Å². The summed E-state index contributed by atoms with van der Waals surface area (Å²) in [5.74, 6) is -0.0879. The Hall–Kier alpha value is -2.22. The normalized spacial score (nSPS) is 15.2. The van der Waals surface area contributed by atoms with Crippen LogP contribution >= 0.6 is 0 Å². The van der Waals surface area contributed by atoms with Gasteiger partial charge in [0.25, 0.3) is 0 Å². The van der Waals surface area contributed by atoms with Crippen molar-refractivity contribution in [3.63, 3.8) is 0 Å². The first kappa shape index (κ1) is 14.2. The van der Waals surface area contributed by atoms with Crippen molar-refractivity contribution in [3.8, 4) is 11.8 Å². The van der Waals surface area contributed by atoms with E-state index >= 15 is 0 Å². The van der Waals surface area contributed by atoms with Crippen LogP contribution in [0.25, 0.3) is 0 Å². The quantitative estimate of drug-likeness (QED) is 0.636. The molecule has 0 aliphatic heterocycles. The predicted octanol–water partition coefficient (Wildman–Crippen LogP) is 2.52. The van der Waals surface area contributed by atoms with E-state index in [-0.39, 0.29) is 12.0 Å². The molecule has 0 spiro atoms. The van der Waals surface area contributed by atoms with Gasteiger partial charge in [-0.15, -0.1) is 0 Å². The van der Waals surface area contributed by atoms with Gasteiger partial charge in [-0.2, -0.15) is 5.26 Å². The average molecular weight is 274 g/mol. The van der Waals surface area contributed by atoms with Crippen LogP contribution in [0.15, 0.2) is 18.2 Å².